The smallest absolute Gasteiger partial charge is 0.264 e. The summed E-state index contributed by atoms with van der Waals surface area (Å²) in [4.78, 5) is 0. The van der Waals surface area contributed by atoms with E-state index in [1.807, 2.05) is 0 Å². The summed E-state index contributed by atoms with van der Waals surface area (Å²) in [5, 5.41) is 0. The molecule has 1 atom stereocenters. The highest BCUT2D eigenvalue weighted by Gasteiger charge is 2.48. The molecule has 3 nitrogen and oxygen atoms in total. The Morgan fingerprint density at radius 3 is 2.23 bits per heavy atom. The standard InChI is InChI=1S/C7H12F2O3S/c1-5(12-13(2,10)11)6-3-7(8,9)4-6/h5-6H,3-4H2,1-2H3. The molecule has 13 heavy (non-hydrogen) atoms. The van der Waals surface area contributed by atoms with Crippen LogP contribution in [0.2, 0.25) is 0 Å². The molecule has 1 saturated carbocycles. The van der Waals surface area contributed by atoms with Gasteiger partial charge < -0.3 is 0 Å². The van der Waals surface area contributed by atoms with Gasteiger partial charge in [0.1, 0.15) is 0 Å². The Morgan fingerprint density at radius 2 is 1.92 bits per heavy atom. The first kappa shape index (κ1) is 10.8. The molecule has 6 heteroatoms. The lowest BCUT2D eigenvalue weighted by atomic mass is 9.78. The predicted molar refractivity (Wildman–Crippen MR) is 43.1 cm³/mol. The van der Waals surface area contributed by atoms with Crippen LogP contribution < -0.4 is 0 Å². The van der Waals surface area contributed by atoms with Gasteiger partial charge in [-0.2, -0.15) is 8.42 Å². The Balaban J connectivity index is 2.40. The molecule has 1 fully saturated rings. The van der Waals surface area contributed by atoms with E-state index in [-0.39, 0.29) is 18.8 Å². The number of alkyl halides is 2. The number of hydrogen-bond donors (Lipinski definition) is 0. The third-order valence-corrected chi connectivity index (χ3v) is 2.77. The van der Waals surface area contributed by atoms with Crippen LogP contribution in [0.1, 0.15) is 19.8 Å². The topological polar surface area (TPSA) is 43.4 Å². The van der Waals surface area contributed by atoms with E-state index in [0.29, 0.717) is 0 Å². The summed E-state index contributed by atoms with van der Waals surface area (Å²) >= 11 is 0. The maximum atomic E-state index is 12.4. The summed E-state index contributed by atoms with van der Waals surface area (Å²) in [6.45, 7) is 1.50. The van der Waals surface area contributed by atoms with Crippen molar-refractivity contribution in [3.05, 3.63) is 0 Å². The van der Waals surface area contributed by atoms with Crippen molar-refractivity contribution in [2.75, 3.05) is 6.26 Å². The fourth-order valence-corrected chi connectivity index (χ4v) is 2.10. The molecule has 0 N–H and O–H groups in total. The lowest BCUT2D eigenvalue weighted by molar-refractivity contribution is -0.133. The molecular weight excluding hydrogens is 202 g/mol. The van der Waals surface area contributed by atoms with Gasteiger partial charge in [0.2, 0.25) is 5.92 Å². The summed E-state index contributed by atoms with van der Waals surface area (Å²) in [6, 6.07) is 0. The zero-order chi connectivity index (χ0) is 10.3. The van der Waals surface area contributed by atoms with Crippen LogP contribution in [0.25, 0.3) is 0 Å². The van der Waals surface area contributed by atoms with Crippen molar-refractivity contribution in [3.8, 4) is 0 Å². The molecule has 0 amide bonds. The minimum absolute atomic E-state index is 0.274. The van der Waals surface area contributed by atoms with Crippen LogP contribution in [0.15, 0.2) is 0 Å². The monoisotopic (exact) mass is 214 g/mol. The normalized spacial score (nSPS) is 25.2. The van der Waals surface area contributed by atoms with Crippen LogP contribution in [0.5, 0.6) is 0 Å². The largest absolute Gasteiger partial charge is 0.267 e. The second kappa shape index (κ2) is 3.16. The Hall–Kier alpha value is -0.230. The van der Waals surface area contributed by atoms with E-state index < -0.39 is 22.1 Å². The van der Waals surface area contributed by atoms with Crippen LogP contribution >= 0.6 is 0 Å². The van der Waals surface area contributed by atoms with E-state index >= 15 is 0 Å². The van der Waals surface area contributed by atoms with Crippen LogP contribution in [-0.4, -0.2) is 26.7 Å². The Labute approximate surface area is 76.2 Å². The molecule has 1 aliphatic carbocycles. The van der Waals surface area contributed by atoms with E-state index in [4.69, 9.17) is 0 Å². The van der Waals surface area contributed by atoms with E-state index in [9.17, 15) is 17.2 Å². The minimum Gasteiger partial charge on any atom is -0.267 e. The van der Waals surface area contributed by atoms with Gasteiger partial charge >= 0.3 is 0 Å². The van der Waals surface area contributed by atoms with Gasteiger partial charge in [-0.1, -0.05) is 0 Å². The molecule has 1 unspecified atom stereocenters. The number of hydrogen-bond acceptors (Lipinski definition) is 3. The Kier molecular flexibility index (Phi) is 2.64. The molecule has 0 spiro atoms. The van der Waals surface area contributed by atoms with Crippen LogP contribution in [0.3, 0.4) is 0 Å². The molecule has 0 aliphatic heterocycles. The summed E-state index contributed by atoms with van der Waals surface area (Å²) < 4.78 is 50.6. The molecule has 0 saturated heterocycles. The van der Waals surface area contributed by atoms with Crippen molar-refractivity contribution in [2.24, 2.45) is 5.92 Å². The number of halogens is 2. The van der Waals surface area contributed by atoms with Gasteiger partial charge in [-0.05, 0) is 12.8 Å². The third kappa shape index (κ3) is 3.19. The molecule has 1 rings (SSSR count). The van der Waals surface area contributed by atoms with Gasteiger partial charge in [0.15, 0.2) is 0 Å². The first-order valence-corrected chi connectivity index (χ1v) is 5.77. The van der Waals surface area contributed by atoms with Crippen molar-refractivity contribution in [2.45, 2.75) is 31.8 Å². The molecule has 0 aromatic carbocycles. The molecule has 0 aromatic rings. The quantitative estimate of drug-likeness (QED) is 0.667. The van der Waals surface area contributed by atoms with E-state index in [1.54, 1.807) is 0 Å². The molecule has 0 bridgehead atoms. The Bertz CT molecular complexity index is 278. The van der Waals surface area contributed by atoms with Gasteiger partial charge in [-0.15, -0.1) is 0 Å². The van der Waals surface area contributed by atoms with Gasteiger partial charge in [0.25, 0.3) is 10.1 Å². The molecule has 1 aliphatic rings. The molecule has 78 valence electrons. The average molecular weight is 214 g/mol. The van der Waals surface area contributed by atoms with E-state index in [0.717, 1.165) is 6.26 Å². The van der Waals surface area contributed by atoms with Gasteiger partial charge in [0.05, 0.1) is 12.4 Å². The van der Waals surface area contributed by atoms with Crippen LogP contribution in [0, 0.1) is 5.92 Å². The van der Waals surface area contributed by atoms with Gasteiger partial charge in [-0.25, -0.2) is 8.78 Å². The predicted octanol–water partition coefficient (Wildman–Crippen LogP) is 1.40. The number of rotatable bonds is 3. The lowest BCUT2D eigenvalue weighted by Crippen LogP contribution is -2.42. The fraction of sp³-hybridized carbons (Fsp3) is 1.00. The lowest BCUT2D eigenvalue weighted by Gasteiger charge is -2.37. The maximum Gasteiger partial charge on any atom is 0.264 e. The first-order valence-electron chi connectivity index (χ1n) is 3.96. The van der Waals surface area contributed by atoms with E-state index in [1.165, 1.54) is 6.92 Å². The third-order valence-electron chi connectivity index (χ3n) is 2.11. The second-order valence-corrected chi connectivity index (χ2v) is 5.13. The zero-order valence-electron chi connectivity index (χ0n) is 7.46. The highest BCUT2D eigenvalue weighted by Crippen LogP contribution is 2.44. The summed E-state index contributed by atoms with van der Waals surface area (Å²) in [7, 11) is -3.53. The van der Waals surface area contributed by atoms with E-state index in [2.05, 4.69) is 4.18 Å². The summed E-state index contributed by atoms with van der Waals surface area (Å²) in [5.41, 5.74) is 0. The zero-order valence-corrected chi connectivity index (χ0v) is 8.27. The summed E-state index contributed by atoms with van der Waals surface area (Å²) in [5.74, 6) is -2.97. The Morgan fingerprint density at radius 1 is 1.46 bits per heavy atom. The average Bonchev–Trinajstić information content (AvgIpc) is 1.77. The highest BCUT2D eigenvalue weighted by atomic mass is 32.2. The van der Waals surface area contributed by atoms with Crippen LogP contribution in [0.4, 0.5) is 8.78 Å². The molecule has 0 radical (unpaired) electrons. The van der Waals surface area contributed by atoms with Crippen LogP contribution in [-0.2, 0) is 14.3 Å². The molecule has 0 aromatic heterocycles. The van der Waals surface area contributed by atoms with Gasteiger partial charge in [0, 0.05) is 12.8 Å². The van der Waals surface area contributed by atoms with Crippen molar-refractivity contribution in [1.82, 2.24) is 0 Å². The fourth-order valence-electron chi connectivity index (χ4n) is 1.39. The molecular formula is C7H12F2O3S. The van der Waals surface area contributed by atoms with Gasteiger partial charge in [-0.3, -0.25) is 4.18 Å². The van der Waals surface area contributed by atoms with Crippen molar-refractivity contribution < 1.29 is 21.4 Å². The highest BCUT2D eigenvalue weighted by molar-refractivity contribution is 7.86. The molecule has 0 heterocycles. The van der Waals surface area contributed by atoms with Crippen molar-refractivity contribution in [3.63, 3.8) is 0 Å². The van der Waals surface area contributed by atoms with Crippen molar-refractivity contribution >= 4 is 10.1 Å². The minimum atomic E-state index is -3.53. The summed E-state index contributed by atoms with van der Waals surface area (Å²) in [6.07, 6.45) is -0.275. The SMILES string of the molecule is CC(OS(C)(=O)=O)C1CC(F)(F)C1. The first-order chi connectivity index (χ1) is 5.70. The van der Waals surface area contributed by atoms with Crippen molar-refractivity contribution in [1.29, 1.82) is 0 Å². The maximum absolute atomic E-state index is 12.4. The second-order valence-electron chi connectivity index (χ2n) is 3.53.